The van der Waals surface area contributed by atoms with Gasteiger partial charge >= 0.3 is 5.97 Å². The lowest BCUT2D eigenvalue weighted by Crippen LogP contribution is -2.49. The van der Waals surface area contributed by atoms with E-state index in [0.29, 0.717) is 19.4 Å². The summed E-state index contributed by atoms with van der Waals surface area (Å²) in [6.45, 7) is 0.500. The number of rotatable bonds is 9. The van der Waals surface area contributed by atoms with Crippen LogP contribution in [0.4, 0.5) is 0 Å². The van der Waals surface area contributed by atoms with Gasteiger partial charge in [-0.25, -0.2) is 9.78 Å². The second-order valence-electron chi connectivity index (χ2n) is 4.57. The Hall–Kier alpha value is -1.93. The Kier molecular flexibility index (Phi) is 6.68. The minimum Gasteiger partial charge on any atom is -0.480 e. The highest BCUT2D eigenvalue weighted by atomic mass is 16.4. The van der Waals surface area contributed by atoms with Crippen molar-refractivity contribution in [1.29, 1.82) is 0 Å². The SMILES string of the molecule is NCCCC[C@@H](NC(=O)[C@H](N)Cc1cnc[nH]1)C(=O)O. The van der Waals surface area contributed by atoms with Gasteiger partial charge in [0.15, 0.2) is 0 Å². The Bertz CT molecular complexity index is 421. The number of carbonyl (C=O) groups excluding carboxylic acids is 1. The van der Waals surface area contributed by atoms with Crippen molar-refractivity contribution in [3.05, 3.63) is 18.2 Å². The lowest BCUT2D eigenvalue weighted by Gasteiger charge is -2.17. The number of hydrogen-bond acceptors (Lipinski definition) is 5. The zero-order valence-electron chi connectivity index (χ0n) is 11.2. The fraction of sp³-hybridized carbons (Fsp3) is 0.583. The molecule has 0 spiro atoms. The molecule has 8 nitrogen and oxygen atoms in total. The van der Waals surface area contributed by atoms with Crippen molar-refractivity contribution < 1.29 is 14.7 Å². The third-order valence-electron chi connectivity index (χ3n) is 2.89. The van der Waals surface area contributed by atoms with E-state index in [4.69, 9.17) is 16.6 Å². The van der Waals surface area contributed by atoms with Crippen molar-refractivity contribution in [2.75, 3.05) is 6.54 Å². The van der Waals surface area contributed by atoms with Gasteiger partial charge in [-0.05, 0) is 25.8 Å². The van der Waals surface area contributed by atoms with Gasteiger partial charge in [0.2, 0.25) is 5.91 Å². The first-order valence-electron chi connectivity index (χ1n) is 6.50. The number of nitrogens with zero attached hydrogens (tertiary/aromatic N) is 1. The largest absolute Gasteiger partial charge is 0.480 e. The monoisotopic (exact) mass is 283 g/mol. The first-order chi connectivity index (χ1) is 9.54. The molecule has 0 radical (unpaired) electrons. The second-order valence-corrected chi connectivity index (χ2v) is 4.57. The zero-order chi connectivity index (χ0) is 15.0. The van der Waals surface area contributed by atoms with Gasteiger partial charge in [0.25, 0.3) is 0 Å². The standard InChI is InChI=1S/C12H21N5O3/c13-4-2-1-3-10(12(19)20)17-11(18)9(14)5-8-6-15-7-16-8/h6-7,9-10H,1-5,13-14H2,(H,15,16)(H,17,18)(H,19,20)/t9-,10-/m1/s1. The molecule has 20 heavy (non-hydrogen) atoms. The van der Waals surface area contributed by atoms with Crippen LogP contribution in [0.2, 0.25) is 0 Å². The number of H-pyrrole nitrogens is 1. The normalized spacial score (nSPS) is 13.7. The fourth-order valence-electron chi connectivity index (χ4n) is 1.75. The molecule has 2 atom stereocenters. The van der Waals surface area contributed by atoms with Crippen molar-refractivity contribution in [3.63, 3.8) is 0 Å². The molecule has 112 valence electrons. The maximum absolute atomic E-state index is 11.9. The highest BCUT2D eigenvalue weighted by molar-refractivity contribution is 5.86. The number of nitrogens with two attached hydrogens (primary N) is 2. The maximum atomic E-state index is 11.9. The van der Waals surface area contributed by atoms with Crippen LogP contribution in [-0.2, 0) is 16.0 Å². The molecular formula is C12H21N5O3. The van der Waals surface area contributed by atoms with Crippen LogP contribution in [0.5, 0.6) is 0 Å². The van der Waals surface area contributed by atoms with Crippen LogP contribution in [0.15, 0.2) is 12.5 Å². The van der Waals surface area contributed by atoms with Gasteiger partial charge in [0.05, 0.1) is 12.4 Å². The lowest BCUT2D eigenvalue weighted by molar-refractivity contribution is -0.142. The van der Waals surface area contributed by atoms with E-state index in [1.807, 2.05) is 0 Å². The van der Waals surface area contributed by atoms with Gasteiger partial charge in [-0.3, -0.25) is 4.79 Å². The third-order valence-corrected chi connectivity index (χ3v) is 2.89. The van der Waals surface area contributed by atoms with Crippen molar-refractivity contribution in [1.82, 2.24) is 15.3 Å². The predicted molar refractivity (Wildman–Crippen MR) is 72.7 cm³/mol. The summed E-state index contributed by atoms with van der Waals surface area (Å²) in [7, 11) is 0. The molecule has 0 aliphatic heterocycles. The number of carbonyl (C=O) groups is 2. The van der Waals surface area contributed by atoms with Gasteiger partial charge in [0, 0.05) is 18.3 Å². The molecule has 8 heteroatoms. The average Bonchev–Trinajstić information content (AvgIpc) is 2.90. The highest BCUT2D eigenvalue weighted by Gasteiger charge is 2.23. The summed E-state index contributed by atoms with van der Waals surface area (Å²) in [6, 6.07) is -1.74. The molecule has 0 aliphatic carbocycles. The van der Waals surface area contributed by atoms with Gasteiger partial charge in [-0.2, -0.15) is 0 Å². The third kappa shape index (κ3) is 5.37. The number of imidazole rings is 1. The first-order valence-corrected chi connectivity index (χ1v) is 6.50. The Morgan fingerprint density at radius 2 is 2.20 bits per heavy atom. The van der Waals surface area contributed by atoms with Crippen molar-refractivity contribution in [2.45, 2.75) is 37.8 Å². The van der Waals surface area contributed by atoms with Gasteiger partial charge < -0.3 is 26.9 Å². The van der Waals surface area contributed by atoms with Crippen LogP contribution >= 0.6 is 0 Å². The van der Waals surface area contributed by atoms with E-state index in [-0.39, 0.29) is 6.42 Å². The summed E-state index contributed by atoms with van der Waals surface area (Å²) in [5.74, 6) is -1.55. The summed E-state index contributed by atoms with van der Waals surface area (Å²) < 4.78 is 0. The summed E-state index contributed by atoms with van der Waals surface area (Å²) in [4.78, 5) is 29.6. The molecule has 0 aliphatic rings. The van der Waals surface area contributed by atoms with Gasteiger partial charge in [-0.1, -0.05) is 0 Å². The van der Waals surface area contributed by atoms with E-state index in [9.17, 15) is 9.59 Å². The molecule has 0 unspecified atom stereocenters. The maximum Gasteiger partial charge on any atom is 0.326 e. The molecule has 0 bridgehead atoms. The fourth-order valence-corrected chi connectivity index (χ4v) is 1.75. The van der Waals surface area contributed by atoms with Crippen molar-refractivity contribution in [3.8, 4) is 0 Å². The lowest BCUT2D eigenvalue weighted by atomic mass is 10.1. The predicted octanol–water partition coefficient (Wildman–Crippen LogP) is -1.02. The van der Waals surface area contributed by atoms with Crippen LogP contribution in [0.3, 0.4) is 0 Å². The van der Waals surface area contributed by atoms with Gasteiger partial charge in [-0.15, -0.1) is 0 Å². The van der Waals surface area contributed by atoms with Gasteiger partial charge in [0.1, 0.15) is 6.04 Å². The van der Waals surface area contributed by atoms with Crippen LogP contribution in [0, 0.1) is 0 Å². The first kappa shape index (κ1) is 16.1. The molecule has 1 aromatic rings. The number of carboxylic acid groups (broad SMARTS) is 1. The molecule has 0 saturated carbocycles. The average molecular weight is 283 g/mol. The van der Waals surface area contributed by atoms with E-state index >= 15 is 0 Å². The number of amides is 1. The number of aliphatic carboxylic acids is 1. The topological polar surface area (TPSA) is 147 Å². The van der Waals surface area contributed by atoms with Crippen LogP contribution in [0.25, 0.3) is 0 Å². The molecule has 1 aromatic heterocycles. The molecule has 7 N–H and O–H groups in total. The van der Waals surface area contributed by atoms with E-state index in [1.165, 1.54) is 6.33 Å². The summed E-state index contributed by atoms with van der Waals surface area (Å²) in [5.41, 5.74) is 11.8. The molecule has 1 rings (SSSR count). The Labute approximate surface area is 116 Å². The second kappa shape index (κ2) is 8.28. The number of aromatic amines is 1. The Morgan fingerprint density at radius 3 is 2.75 bits per heavy atom. The Morgan fingerprint density at radius 1 is 1.45 bits per heavy atom. The minimum absolute atomic E-state index is 0.279. The highest BCUT2D eigenvalue weighted by Crippen LogP contribution is 2.02. The Balaban J connectivity index is 2.45. The zero-order valence-corrected chi connectivity index (χ0v) is 11.2. The molecular weight excluding hydrogens is 262 g/mol. The number of unbranched alkanes of at least 4 members (excludes halogenated alkanes) is 1. The van der Waals surface area contributed by atoms with Crippen LogP contribution in [-0.4, -0.2) is 45.6 Å². The number of hydrogen-bond donors (Lipinski definition) is 5. The summed E-state index contributed by atoms with van der Waals surface area (Å²) in [5, 5.41) is 11.5. The molecule has 0 saturated heterocycles. The summed E-state index contributed by atoms with van der Waals surface area (Å²) >= 11 is 0. The van der Waals surface area contributed by atoms with E-state index in [0.717, 1.165) is 12.1 Å². The quantitative estimate of drug-likeness (QED) is 0.366. The number of carboxylic acids is 1. The van der Waals surface area contributed by atoms with E-state index < -0.39 is 24.0 Å². The molecule has 1 heterocycles. The van der Waals surface area contributed by atoms with Crippen LogP contribution in [0.1, 0.15) is 25.0 Å². The van der Waals surface area contributed by atoms with Crippen LogP contribution < -0.4 is 16.8 Å². The molecule has 0 fully saturated rings. The molecule has 0 aromatic carbocycles. The van der Waals surface area contributed by atoms with E-state index in [2.05, 4.69) is 15.3 Å². The summed E-state index contributed by atoms with van der Waals surface area (Å²) in [6.07, 6.45) is 5.05. The number of aromatic nitrogens is 2. The van der Waals surface area contributed by atoms with Crippen molar-refractivity contribution >= 4 is 11.9 Å². The number of nitrogens with one attached hydrogen (secondary N) is 2. The minimum atomic E-state index is -1.07. The van der Waals surface area contributed by atoms with E-state index in [1.54, 1.807) is 6.20 Å². The van der Waals surface area contributed by atoms with Crippen molar-refractivity contribution in [2.24, 2.45) is 11.5 Å². The molecule has 1 amide bonds. The smallest absolute Gasteiger partial charge is 0.326 e.